The highest BCUT2D eigenvalue weighted by Gasteiger charge is 2.18. The molecule has 0 saturated carbocycles. The number of fused-ring (bicyclic) bond motifs is 1. The van der Waals surface area contributed by atoms with Gasteiger partial charge in [-0.3, -0.25) is 0 Å². The number of benzene rings is 1. The van der Waals surface area contributed by atoms with Gasteiger partial charge in [0, 0.05) is 5.69 Å². The topological polar surface area (TPSA) is 26.0 Å². The molecule has 0 amide bonds. The molecular formula is C10H12FN. The number of anilines is 1. The minimum Gasteiger partial charge on any atom is -0.399 e. The number of alkyl halides is 1. The highest BCUT2D eigenvalue weighted by atomic mass is 19.1. The van der Waals surface area contributed by atoms with Gasteiger partial charge in [0.05, 0.1) is 0 Å². The summed E-state index contributed by atoms with van der Waals surface area (Å²) < 4.78 is 13.3. The smallest absolute Gasteiger partial charge is 0.125 e. The van der Waals surface area contributed by atoms with E-state index in [1.807, 2.05) is 12.1 Å². The Morgan fingerprint density at radius 3 is 3.08 bits per heavy atom. The first kappa shape index (κ1) is 7.59. The molecule has 1 aromatic carbocycles. The fraction of sp³-hybridized carbons (Fsp3) is 0.400. The summed E-state index contributed by atoms with van der Waals surface area (Å²) in [5.41, 5.74) is 8.28. The van der Waals surface area contributed by atoms with Gasteiger partial charge in [0.1, 0.15) is 6.17 Å². The minimum atomic E-state index is -0.769. The summed E-state index contributed by atoms with van der Waals surface area (Å²) in [4.78, 5) is 0. The van der Waals surface area contributed by atoms with Crippen LogP contribution in [0, 0.1) is 0 Å². The minimum absolute atomic E-state index is 0.664. The molecule has 0 fully saturated rings. The third kappa shape index (κ3) is 1.17. The van der Waals surface area contributed by atoms with E-state index in [1.54, 1.807) is 6.07 Å². The standard InChI is InChI=1S/C10H12FN/c11-10-3-1-2-7-6-8(12)4-5-9(7)10/h4-6,10H,1-3,12H2. The quantitative estimate of drug-likeness (QED) is 0.587. The van der Waals surface area contributed by atoms with E-state index in [0.717, 1.165) is 29.7 Å². The van der Waals surface area contributed by atoms with Crippen molar-refractivity contribution in [2.24, 2.45) is 0 Å². The van der Waals surface area contributed by atoms with E-state index in [9.17, 15) is 4.39 Å². The molecule has 1 aliphatic carbocycles. The van der Waals surface area contributed by atoms with E-state index in [2.05, 4.69) is 0 Å². The number of nitrogens with two attached hydrogens (primary N) is 1. The summed E-state index contributed by atoms with van der Waals surface area (Å²) in [7, 11) is 0. The highest BCUT2D eigenvalue weighted by Crippen LogP contribution is 2.33. The van der Waals surface area contributed by atoms with Gasteiger partial charge in [0.15, 0.2) is 0 Å². The summed E-state index contributed by atoms with van der Waals surface area (Å²) in [6.07, 6.45) is 1.81. The first-order valence-corrected chi connectivity index (χ1v) is 4.30. The first-order valence-electron chi connectivity index (χ1n) is 4.30. The molecule has 2 heteroatoms. The fourth-order valence-corrected chi connectivity index (χ4v) is 1.77. The number of halogens is 1. The van der Waals surface area contributed by atoms with Crippen molar-refractivity contribution in [3.8, 4) is 0 Å². The average molecular weight is 165 g/mol. The van der Waals surface area contributed by atoms with Crippen molar-refractivity contribution >= 4 is 5.69 Å². The number of aryl methyl sites for hydroxylation is 1. The normalized spacial score (nSPS) is 21.9. The molecule has 0 aromatic heterocycles. The van der Waals surface area contributed by atoms with Crippen LogP contribution in [0.25, 0.3) is 0 Å². The average Bonchev–Trinajstić information content (AvgIpc) is 2.04. The monoisotopic (exact) mass is 165 g/mol. The van der Waals surface area contributed by atoms with Crippen LogP contribution in [0.2, 0.25) is 0 Å². The van der Waals surface area contributed by atoms with Gasteiger partial charge in [-0.25, -0.2) is 4.39 Å². The Morgan fingerprint density at radius 1 is 1.42 bits per heavy atom. The van der Waals surface area contributed by atoms with E-state index in [1.165, 1.54) is 0 Å². The maximum atomic E-state index is 13.3. The number of rotatable bonds is 0. The zero-order valence-corrected chi connectivity index (χ0v) is 6.89. The van der Waals surface area contributed by atoms with Gasteiger partial charge in [-0.2, -0.15) is 0 Å². The number of hydrogen-bond donors (Lipinski definition) is 1. The molecule has 2 rings (SSSR count). The van der Waals surface area contributed by atoms with Crippen molar-refractivity contribution in [1.82, 2.24) is 0 Å². The van der Waals surface area contributed by atoms with Crippen LogP contribution < -0.4 is 5.73 Å². The molecule has 1 aromatic rings. The van der Waals surface area contributed by atoms with Crippen molar-refractivity contribution in [1.29, 1.82) is 0 Å². The van der Waals surface area contributed by atoms with Gasteiger partial charge in [-0.05, 0) is 42.5 Å². The van der Waals surface area contributed by atoms with Crippen molar-refractivity contribution < 1.29 is 4.39 Å². The zero-order chi connectivity index (χ0) is 8.55. The second kappa shape index (κ2) is 2.77. The lowest BCUT2D eigenvalue weighted by atomic mass is 9.90. The SMILES string of the molecule is Nc1ccc2c(c1)CCCC2F. The van der Waals surface area contributed by atoms with Crippen molar-refractivity contribution in [2.45, 2.75) is 25.4 Å². The molecule has 1 unspecified atom stereocenters. The van der Waals surface area contributed by atoms with Gasteiger partial charge >= 0.3 is 0 Å². The summed E-state index contributed by atoms with van der Waals surface area (Å²) in [6.45, 7) is 0. The maximum Gasteiger partial charge on any atom is 0.125 e. The lowest BCUT2D eigenvalue weighted by molar-refractivity contribution is 0.302. The van der Waals surface area contributed by atoms with Gasteiger partial charge < -0.3 is 5.73 Å². The van der Waals surface area contributed by atoms with E-state index < -0.39 is 6.17 Å². The Morgan fingerprint density at radius 2 is 2.25 bits per heavy atom. The Hall–Kier alpha value is -1.05. The Balaban J connectivity index is 2.46. The molecule has 1 aliphatic rings. The molecule has 0 heterocycles. The predicted molar refractivity (Wildman–Crippen MR) is 47.6 cm³/mol. The zero-order valence-electron chi connectivity index (χ0n) is 6.89. The highest BCUT2D eigenvalue weighted by molar-refractivity contribution is 5.46. The van der Waals surface area contributed by atoms with E-state index >= 15 is 0 Å². The van der Waals surface area contributed by atoms with E-state index in [4.69, 9.17) is 5.73 Å². The number of nitrogen functional groups attached to an aromatic ring is 1. The van der Waals surface area contributed by atoms with Gasteiger partial charge in [-0.1, -0.05) is 6.07 Å². The van der Waals surface area contributed by atoms with E-state index in [0.29, 0.717) is 6.42 Å². The van der Waals surface area contributed by atoms with Crippen molar-refractivity contribution in [2.75, 3.05) is 5.73 Å². The van der Waals surface area contributed by atoms with Crippen molar-refractivity contribution in [3.05, 3.63) is 29.3 Å². The molecule has 1 atom stereocenters. The molecule has 1 nitrogen and oxygen atoms in total. The van der Waals surface area contributed by atoms with Crippen LogP contribution >= 0.6 is 0 Å². The van der Waals surface area contributed by atoms with Crippen LogP contribution in [0.3, 0.4) is 0 Å². The van der Waals surface area contributed by atoms with Gasteiger partial charge in [-0.15, -0.1) is 0 Å². The van der Waals surface area contributed by atoms with Crippen LogP contribution in [0.1, 0.15) is 30.1 Å². The molecular weight excluding hydrogens is 153 g/mol. The van der Waals surface area contributed by atoms with Crippen molar-refractivity contribution in [3.63, 3.8) is 0 Å². The Bertz CT molecular complexity index is 296. The maximum absolute atomic E-state index is 13.3. The first-order chi connectivity index (χ1) is 5.77. The fourth-order valence-electron chi connectivity index (χ4n) is 1.77. The lowest BCUT2D eigenvalue weighted by Gasteiger charge is -2.19. The molecule has 64 valence electrons. The largest absolute Gasteiger partial charge is 0.399 e. The van der Waals surface area contributed by atoms with Gasteiger partial charge in [0.2, 0.25) is 0 Å². The summed E-state index contributed by atoms with van der Waals surface area (Å²) in [5.74, 6) is 0. The molecule has 12 heavy (non-hydrogen) atoms. The van der Waals surface area contributed by atoms with E-state index in [-0.39, 0.29) is 0 Å². The second-order valence-corrected chi connectivity index (χ2v) is 3.32. The lowest BCUT2D eigenvalue weighted by Crippen LogP contribution is -2.06. The summed E-state index contributed by atoms with van der Waals surface area (Å²) >= 11 is 0. The Kier molecular flexibility index (Phi) is 1.75. The summed E-state index contributed by atoms with van der Waals surface area (Å²) in [5, 5.41) is 0. The third-order valence-corrected chi connectivity index (χ3v) is 2.41. The third-order valence-electron chi connectivity index (χ3n) is 2.41. The molecule has 0 bridgehead atoms. The summed E-state index contributed by atoms with van der Waals surface area (Å²) in [6, 6.07) is 5.48. The van der Waals surface area contributed by atoms with Gasteiger partial charge in [0.25, 0.3) is 0 Å². The second-order valence-electron chi connectivity index (χ2n) is 3.32. The van der Waals surface area contributed by atoms with Crippen LogP contribution in [0.4, 0.5) is 10.1 Å². The van der Waals surface area contributed by atoms with Crippen LogP contribution in [-0.2, 0) is 6.42 Å². The molecule has 2 N–H and O–H groups in total. The predicted octanol–water partition coefficient (Wildman–Crippen LogP) is 2.62. The number of hydrogen-bond acceptors (Lipinski definition) is 1. The molecule has 0 radical (unpaired) electrons. The van der Waals surface area contributed by atoms with Crippen LogP contribution in [-0.4, -0.2) is 0 Å². The van der Waals surface area contributed by atoms with Crippen LogP contribution in [0.15, 0.2) is 18.2 Å². The molecule has 0 saturated heterocycles. The Labute approximate surface area is 71.4 Å². The molecule has 0 spiro atoms. The molecule has 0 aliphatic heterocycles. The van der Waals surface area contributed by atoms with Crippen LogP contribution in [0.5, 0.6) is 0 Å².